The Bertz CT molecular complexity index is 402. The van der Waals surface area contributed by atoms with Crippen LogP contribution in [0.25, 0.3) is 0 Å². The van der Waals surface area contributed by atoms with Crippen LogP contribution in [0.3, 0.4) is 0 Å². The van der Waals surface area contributed by atoms with Crippen molar-refractivity contribution in [2.24, 2.45) is 11.8 Å². The van der Waals surface area contributed by atoms with Gasteiger partial charge in [-0.05, 0) is 0 Å². The second-order valence-electron chi connectivity index (χ2n) is 4.97. The third-order valence-corrected chi connectivity index (χ3v) is 3.55. The van der Waals surface area contributed by atoms with Gasteiger partial charge in [0.1, 0.15) is 13.1 Å². The summed E-state index contributed by atoms with van der Waals surface area (Å²) in [7, 11) is 0. The van der Waals surface area contributed by atoms with Crippen LogP contribution in [-0.2, 0) is 0 Å². The van der Waals surface area contributed by atoms with Crippen LogP contribution in [0, 0.1) is 11.8 Å². The summed E-state index contributed by atoms with van der Waals surface area (Å²) in [6.07, 6.45) is 20.0. The lowest BCUT2D eigenvalue weighted by molar-refractivity contribution is -0.517. The van der Waals surface area contributed by atoms with Crippen LogP contribution in [0.4, 0.5) is 0 Å². The number of nitrogens with zero attached hydrogens (tertiary/aromatic N) is 2. The van der Waals surface area contributed by atoms with E-state index in [1.54, 1.807) is 0 Å². The van der Waals surface area contributed by atoms with Gasteiger partial charge in [-0.1, -0.05) is 48.6 Å². The normalized spacial score (nSPS) is 23.3. The van der Waals surface area contributed by atoms with Crippen LogP contribution >= 0.6 is 0 Å². The summed E-state index contributed by atoms with van der Waals surface area (Å²) in [5.41, 5.74) is 0. The second-order valence-corrected chi connectivity index (χ2v) is 4.97. The molecule has 0 saturated carbocycles. The molecule has 0 amide bonds. The van der Waals surface area contributed by atoms with E-state index in [0.29, 0.717) is 11.8 Å². The zero-order chi connectivity index (χ0) is 11.5. The molecule has 0 saturated heterocycles. The van der Waals surface area contributed by atoms with E-state index >= 15 is 0 Å². The van der Waals surface area contributed by atoms with E-state index in [2.05, 4.69) is 64.4 Å². The summed E-state index contributed by atoms with van der Waals surface area (Å²) in [6.45, 7) is 4.58. The lowest BCUT2D eigenvalue weighted by Crippen LogP contribution is -2.24. The molecule has 2 nitrogen and oxygen atoms in total. The summed E-state index contributed by atoms with van der Waals surface area (Å²) in [4.78, 5) is 2.44. The highest BCUT2D eigenvalue weighted by Gasteiger charge is 2.22. The van der Waals surface area contributed by atoms with Crippen LogP contribution < -0.4 is 0 Å². The lowest BCUT2D eigenvalue weighted by Gasteiger charge is -2.09. The third-order valence-electron chi connectivity index (χ3n) is 3.55. The minimum atomic E-state index is 0.609. The fourth-order valence-corrected chi connectivity index (χ4v) is 2.62. The third kappa shape index (κ3) is 2.57. The summed E-state index contributed by atoms with van der Waals surface area (Å²) in [5.74, 6) is 1.22. The molecule has 0 radical (unpaired) electrons. The van der Waals surface area contributed by atoms with Crippen LogP contribution in [0.15, 0.2) is 48.6 Å². The van der Waals surface area contributed by atoms with Crippen molar-refractivity contribution in [3.05, 3.63) is 48.6 Å². The summed E-state index contributed by atoms with van der Waals surface area (Å²) in [5, 5.41) is 0. The van der Waals surface area contributed by atoms with E-state index in [0.717, 1.165) is 13.1 Å². The van der Waals surface area contributed by atoms with Gasteiger partial charge in [0.25, 0.3) is 0 Å². The first-order chi connectivity index (χ1) is 8.40. The molecule has 2 aliphatic carbocycles. The van der Waals surface area contributed by atoms with Crippen LogP contribution in [0.5, 0.6) is 0 Å². The number of hydrogen-bond donors (Lipinski definition) is 0. The van der Waals surface area contributed by atoms with Gasteiger partial charge in [0.15, 0.2) is 0 Å². The highest BCUT2D eigenvalue weighted by molar-refractivity contribution is 5.50. The average molecular weight is 227 g/mol. The molecule has 0 aromatic heterocycles. The Hall–Kier alpha value is -1.57. The predicted octanol–water partition coefficient (Wildman–Crippen LogP) is 1.83. The number of hydrogen-bond acceptors (Lipinski definition) is 1. The second kappa shape index (κ2) is 4.74. The SMILES string of the molecule is C1=CC(CN2C=[N+](CC3C=CC=C3)CC2)C=C1. The Labute approximate surface area is 103 Å². The molecule has 0 aromatic carbocycles. The van der Waals surface area contributed by atoms with Gasteiger partial charge in [-0.2, -0.15) is 0 Å². The zero-order valence-corrected chi connectivity index (χ0v) is 10.1. The molecule has 0 fully saturated rings. The van der Waals surface area contributed by atoms with Crippen molar-refractivity contribution in [3.63, 3.8) is 0 Å². The fourth-order valence-electron chi connectivity index (χ4n) is 2.62. The van der Waals surface area contributed by atoms with Crippen molar-refractivity contribution in [1.82, 2.24) is 4.90 Å². The van der Waals surface area contributed by atoms with Crippen molar-refractivity contribution in [3.8, 4) is 0 Å². The Morgan fingerprint density at radius 1 is 0.941 bits per heavy atom. The smallest absolute Gasteiger partial charge is 0.234 e. The van der Waals surface area contributed by atoms with Crippen molar-refractivity contribution >= 4 is 6.34 Å². The Kier molecular flexibility index (Phi) is 2.95. The molecule has 17 heavy (non-hydrogen) atoms. The van der Waals surface area contributed by atoms with Crippen LogP contribution in [0.2, 0.25) is 0 Å². The largest absolute Gasteiger partial charge is 0.263 e. The minimum absolute atomic E-state index is 0.609. The molecule has 0 unspecified atom stereocenters. The highest BCUT2D eigenvalue weighted by Crippen LogP contribution is 2.13. The van der Waals surface area contributed by atoms with E-state index in [1.807, 2.05) is 0 Å². The molecule has 1 heterocycles. The number of rotatable bonds is 4. The summed E-state index contributed by atoms with van der Waals surface area (Å²) < 4.78 is 2.44. The van der Waals surface area contributed by atoms with Crippen molar-refractivity contribution in [2.45, 2.75) is 0 Å². The molecule has 3 rings (SSSR count). The molecular formula is C15H19N2+. The van der Waals surface area contributed by atoms with Crippen molar-refractivity contribution < 1.29 is 4.58 Å². The maximum atomic E-state index is 2.44. The summed E-state index contributed by atoms with van der Waals surface area (Å²) >= 11 is 0. The van der Waals surface area contributed by atoms with Gasteiger partial charge in [0, 0.05) is 11.8 Å². The Morgan fingerprint density at radius 2 is 1.59 bits per heavy atom. The predicted molar refractivity (Wildman–Crippen MR) is 71.2 cm³/mol. The lowest BCUT2D eigenvalue weighted by atomic mass is 10.1. The maximum absolute atomic E-state index is 2.44. The molecule has 0 aromatic rings. The molecule has 0 bridgehead atoms. The van der Waals surface area contributed by atoms with Crippen molar-refractivity contribution in [2.75, 3.05) is 26.2 Å². The molecule has 88 valence electrons. The maximum Gasteiger partial charge on any atom is 0.234 e. The van der Waals surface area contributed by atoms with Gasteiger partial charge in [-0.15, -0.1) is 0 Å². The van der Waals surface area contributed by atoms with Gasteiger partial charge in [0.05, 0.1) is 13.1 Å². The standard InChI is InChI=1S/C15H19N2/c1-2-6-14(5-1)11-16-9-10-17(13-16)12-15-7-3-4-8-15/h1-8,13-15H,9-12H2/q+1. The van der Waals surface area contributed by atoms with E-state index in [-0.39, 0.29) is 0 Å². The fraction of sp³-hybridized carbons (Fsp3) is 0.400. The van der Waals surface area contributed by atoms with E-state index in [4.69, 9.17) is 0 Å². The molecule has 0 N–H and O–H groups in total. The first-order valence-electron chi connectivity index (χ1n) is 6.43. The van der Waals surface area contributed by atoms with Gasteiger partial charge < -0.3 is 0 Å². The quantitative estimate of drug-likeness (QED) is 0.664. The first-order valence-corrected chi connectivity index (χ1v) is 6.43. The van der Waals surface area contributed by atoms with Crippen LogP contribution in [-0.4, -0.2) is 42.0 Å². The zero-order valence-electron chi connectivity index (χ0n) is 10.1. The Morgan fingerprint density at radius 3 is 2.29 bits per heavy atom. The van der Waals surface area contributed by atoms with Gasteiger partial charge in [-0.3, -0.25) is 9.48 Å². The molecule has 0 spiro atoms. The van der Waals surface area contributed by atoms with Gasteiger partial charge in [0.2, 0.25) is 6.34 Å². The molecule has 0 atom stereocenters. The van der Waals surface area contributed by atoms with Gasteiger partial charge >= 0.3 is 0 Å². The molecule has 2 heteroatoms. The van der Waals surface area contributed by atoms with Gasteiger partial charge in [-0.25, -0.2) is 0 Å². The topological polar surface area (TPSA) is 6.25 Å². The monoisotopic (exact) mass is 227 g/mol. The van der Waals surface area contributed by atoms with Crippen LogP contribution in [0.1, 0.15) is 0 Å². The molecular weight excluding hydrogens is 208 g/mol. The number of allylic oxidation sites excluding steroid dienone is 4. The molecule has 3 aliphatic rings. The van der Waals surface area contributed by atoms with E-state index in [1.165, 1.54) is 13.1 Å². The average Bonchev–Trinajstić information content (AvgIpc) is 3.02. The van der Waals surface area contributed by atoms with E-state index < -0.39 is 0 Å². The van der Waals surface area contributed by atoms with E-state index in [9.17, 15) is 0 Å². The first kappa shape index (κ1) is 10.6. The minimum Gasteiger partial charge on any atom is -0.263 e. The Balaban J connectivity index is 1.53. The summed E-state index contributed by atoms with van der Waals surface area (Å²) in [6, 6.07) is 0. The van der Waals surface area contributed by atoms with Crippen molar-refractivity contribution in [1.29, 1.82) is 0 Å². The highest BCUT2D eigenvalue weighted by atomic mass is 15.3. The molecule has 1 aliphatic heterocycles.